The van der Waals surface area contributed by atoms with Crippen LogP contribution in [-0.4, -0.2) is 43.5 Å². The van der Waals surface area contributed by atoms with Gasteiger partial charge in [-0.1, -0.05) is 0 Å². The molecule has 0 aliphatic rings. The number of aromatic nitrogens is 2. The molecule has 0 unspecified atom stereocenters. The zero-order chi connectivity index (χ0) is 11.6. The molecule has 0 saturated carbocycles. The summed E-state index contributed by atoms with van der Waals surface area (Å²) in [6, 6.07) is 0.389. The summed E-state index contributed by atoms with van der Waals surface area (Å²) in [6.07, 6.45) is 4.11. The van der Waals surface area contributed by atoms with Crippen molar-refractivity contribution in [3.63, 3.8) is 0 Å². The van der Waals surface area contributed by atoms with Gasteiger partial charge in [0.2, 0.25) is 0 Å². The predicted molar refractivity (Wildman–Crippen MR) is 62.5 cm³/mol. The van der Waals surface area contributed by atoms with E-state index in [9.17, 15) is 0 Å². The van der Waals surface area contributed by atoms with Crippen LogP contribution >= 0.6 is 15.9 Å². The Morgan fingerprint density at radius 3 is 2.56 bits per heavy atom. The van der Waals surface area contributed by atoms with Crippen molar-refractivity contribution in [1.82, 2.24) is 9.97 Å². The van der Waals surface area contributed by atoms with E-state index in [0.717, 1.165) is 10.9 Å². The molecule has 0 atom stereocenters. The number of rotatable bonds is 8. The Labute approximate surface area is 103 Å². The van der Waals surface area contributed by atoms with E-state index < -0.39 is 0 Å². The van der Waals surface area contributed by atoms with E-state index in [0.29, 0.717) is 32.4 Å². The highest BCUT2D eigenvalue weighted by Gasteiger charge is 1.96. The Morgan fingerprint density at radius 2 is 1.88 bits per heavy atom. The van der Waals surface area contributed by atoms with Crippen LogP contribution in [0.1, 0.15) is 6.42 Å². The van der Waals surface area contributed by atoms with Crippen LogP contribution in [0.25, 0.3) is 0 Å². The number of hydrogen-bond acceptors (Lipinski definition) is 5. The van der Waals surface area contributed by atoms with Gasteiger partial charge in [-0.25, -0.2) is 9.97 Å². The first-order valence-corrected chi connectivity index (χ1v) is 5.79. The largest absolute Gasteiger partial charge is 0.463 e. The maximum absolute atomic E-state index is 5.31. The summed E-state index contributed by atoms with van der Waals surface area (Å²) in [6.45, 7) is 2.44. The molecule has 0 bridgehead atoms. The van der Waals surface area contributed by atoms with Gasteiger partial charge >= 0.3 is 6.01 Å². The Hall–Kier alpha value is -0.720. The molecule has 0 radical (unpaired) electrons. The Bertz CT molecular complexity index is 282. The zero-order valence-electron chi connectivity index (χ0n) is 9.19. The third-order valence-corrected chi connectivity index (χ3v) is 2.10. The quantitative estimate of drug-likeness (QED) is 0.682. The number of nitrogens with zero attached hydrogens (tertiary/aromatic N) is 2. The first kappa shape index (κ1) is 13.3. The zero-order valence-corrected chi connectivity index (χ0v) is 10.8. The molecule has 0 aromatic carbocycles. The molecule has 0 aliphatic heterocycles. The molecule has 6 heteroatoms. The van der Waals surface area contributed by atoms with Crippen LogP contribution < -0.4 is 4.74 Å². The van der Waals surface area contributed by atoms with E-state index in [-0.39, 0.29) is 0 Å². The SMILES string of the molecule is COCCOCCCOc1ncc(Br)cn1. The molecule has 1 rings (SSSR count). The highest BCUT2D eigenvalue weighted by molar-refractivity contribution is 9.10. The fourth-order valence-corrected chi connectivity index (χ4v) is 1.15. The molecule has 1 heterocycles. The molecule has 1 aromatic rings. The minimum Gasteiger partial charge on any atom is -0.463 e. The van der Waals surface area contributed by atoms with Gasteiger partial charge < -0.3 is 14.2 Å². The monoisotopic (exact) mass is 290 g/mol. The van der Waals surface area contributed by atoms with Crippen molar-refractivity contribution in [1.29, 1.82) is 0 Å². The molecule has 90 valence electrons. The highest BCUT2D eigenvalue weighted by atomic mass is 79.9. The lowest BCUT2D eigenvalue weighted by Gasteiger charge is -2.04. The number of ether oxygens (including phenoxy) is 3. The minimum atomic E-state index is 0.389. The lowest BCUT2D eigenvalue weighted by molar-refractivity contribution is 0.0639. The Kier molecular flexibility index (Phi) is 7.03. The third-order valence-electron chi connectivity index (χ3n) is 1.69. The van der Waals surface area contributed by atoms with Gasteiger partial charge in [-0.05, 0) is 15.9 Å². The van der Waals surface area contributed by atoms with Crippen LogP contribution in [0, 0.1) is 0 Å². The van der Waals surface area contributed by atoms with Gasteiger partial charge in [0, 0.05) is 32.5 Å². The number of halogens is 1. The van der Waals surface area contributed by atoms with Gasteiger partial charge in [-0.2, -0.15) is 0 Å². The fourth-order valence-electron chi connectivity index (χ4n) is 0.944. The second kappa shape index (κ2) is 8.43. The van der Waals surface area contributed by atoms with Crippen molar-refractivity contribution >= 4 is 15.9 Å². The van der Waals surface area contributed by atoms with E-state index in [2.05, 4.69) is 25.9 Å². The molecule has 0 amide bonds. The van der Waals surface area contributed by atoms with Crippen molar-refractivity contribution in [2.75, 3.05) is 33.5 Å². The normalized spacial score (nSPS) is 10.4. The van der Waals surface area contributed by atoms with E-state index in [1.54, 1.807) is 19.5 Å². The molecule has 1 aromatic heterocycles. The summed E-state index contributed by atoms with van der Waals surface area (Å²) >= 11 is 3.25. The summed E-state index contributed by atoms with van der Waals surface area (Å²) in [7, 11) is 1.65. The minimum absolute atomic E-state index is 0.389. The summed E-state index contributed by atoms with van der Waals surface area (Å²) < 4.78 is 16.3. The topological polar surface area (TPSA) is 53.5 Å². The summed E-state index contributed by atoms with van der Waals surface area (Å²) in [5.74, 6) is 0. The average molecular weight is 291 g/mol. The van der Waals surface area contributed by atoms with E-state index in [4.69, 9.17) is 14.2 Å². The predicted octanol–water partition coefficient (Wildman–Crippen LogP) is 1.67. The van der Waals surface area contributed by atoms with E-state index >= 15 is 0 Å². The maximum Gasteiger partial charge on any atom is 0.316 e. The lowest BCUT2D eigenvalue weighted by atomic mass is 10.5. The smallest absolute Gasteiger partial charge is 0.316 e. The van der Waals surface area contributed by atoms with Crippen molar-refractivity contribution in [3.05, 3.63) is 16.9 Å². The van der Waals surface area contributed by atoms with Crippen LogP contribution in [0.4, 0.5) is 0 Å². The molecular weight excluding hydrogens is 276 g/mol. The van der Waals surface area contributed by atoms with Crippen LogP contribution in [0.15, 0.2) is 16.9 Å². The Balaban J connectivity index is 2.01. The van der Waals surface area contributed by atoms with Gasteiger partial charge in [0.25, 0.3) is 0 Å². The highest BCUT2D eigenvalue weighted by Crippen LogP contribution is 2.08. The molecule has 0 spiro atoms. The van der Waals surface area contributed by atoms with Gasteiger partial charge in [-0.15, -0.1) is 0 Å². The average Bonchev–Trinajstić information content (AvgIpc) is 2.30. The van der Waals surface area contributed by atoms with Gasteiger partial charge in [0.1, 0.15) is 0 Å². The summed E-state index contributed by atoms with van der Waals surface area (Å²) in [5.41, 5.74) is 0. The van der Waals surface area contributed by atoms with E-state index in [1.807, 2.05) is 0 Å². The van der Waals surface area contributed by atoms with Crippen LogP contribution in [0.3, 0.4) is 0 Å². The molecular formula is C10H15BrN2O3. The summed E-state index contributed by atoms with van der Waals surface area (Å²) in [5, 5.41) is 0. The van der Waals surface area contributed by atoms with Crippen LogP contribution in [0.2, 0.25) is 0 Å². The molecule has 0 fully saturated rings. The van der Waals surface area contributed by atoms with Crippen molar-refractivity contribution in [3.8, 4) is 6.01 Å². The second-order valence-corrected chi connectivity index (χ2v) is 3.91. The molecule has 16 heavy (non-hydrogen) atoms. The first-order chi connectivity index (χ1) is 7.83. The maximum atomic E-state index is 5.31. The third kappa shape index (κ3) is 5.99. The Morgan fingerprint density at radius 1 is 1.12 bits per heavy atom. The number of hydrogen-bond donors (Lipinski definition) is 0. The molecule has 0 N–H and O–H groups in total. The standard InChI is InChI=1S/C10H15BrN2O3/c1-14-5-6-15-3-2-4-16-10-12-7-9(11)8-13-10/h7-8H,2-6H2,1H3. The van der Waals surface area contributed by atoms with Crippen LogP contribution in [0.5, 0.6) is 6.01 Å². The van der Waals surface area contributed by atoms with Crippen LogP contribution in [-0.2, 0) is 9.47 Å². The first-order valence-electron chi connectivity index (χ1n) is 5.00. The second-order valence-electron chi connectivity index (χ2n) is 2.99. The number of methoxy groups -OCH3 is 1. The van der Waals surface area contributed by atoms with Gasteiger partial charge in [-0.3, -0.25) is 0 Å². The summed E-state index contributed by atoms with van der Waals surface area (Å²) in [4.78, 5) is 7.97. The van der Waals surface area contributed by atoms with Gasteiger partial charge in [0.15, 0.2) is 0 Å². The van der Waals surface area contributed by atoms with Crippen molar-refractivity contribution < 1.29 is 14.2 Å². The molecule has 5 nitrogen and oxygen atoms in total. The van der Waals surface area contributed by atoms with Gasteiger partial charge in [0.05, 0.1) is 24.3 Å². The molecule has 0 aliphatic carbocycles. The van der Waals surface area contributed by atoms with Crippen molar-refractivity contribution in [2.45, 2.75) is 6.42 Å². The lowest BCUT2D eigenvalue weighted by Crippen LogP contribution is -2.07. The molecule has 0 saturated heterocycles. The van der Waals surface area contributed by atoms with Crippen molar-refractivity contribution in [2.24, 2.45) is 0 Å². The van der Waals surface area contributed by atoms with E-state index in [1.165, 1.54) is 0 Å². The fraction of sp³-hybridized carbons (Fsp3) is 0.600.